The van der Waals surface area contributed by atoms with Crippen LogP contribution < -0.4 is 0 Å². The number of rotatable bonds is 2. The molecule has 0 fully saturated rings. The quantitative estimate of drug-likeness (QED) is 0.808. The highest BCUT2D eigenvalue weighted by Crippen LogP contribution is 2.25. The van der Waals surface area contributed by atoms with E-state index in [4.69, 9.17) is 5.26 Å². The molecule has 1 aromatic heterocycles. The Morgan fingerprint density at radius 3 is 2.43 bits per heavy atom. The lowest BCUT2D eigenvalue weighted by molar-refractivity contribution is 0.345. The maximum absolute atomic E-state index is 9.05. The van der Waals surface area contributed by atoms with Crippen LogP contribution in [0.4, 0.5) is 0 Å². The van der Waals surface area contributed by atoms with Crippen LogP contribution in [0.2, 0.25) is 0 Å². The van der Waals surface area contributed by atoms with Gasteiger partial charge in [0.2, 0.25) is 0 Å². The Bertz CT molecular complexity index is 375. The van der Waals surface area contributed by atoms with E-state index in [1.54, 1.807) is 0 Å². The van der Waals surface area contributed by atoms with Crippen molar-refractivity contribution in [1.82, 2.24) is 14.5 Å². The van der Waals surface area contributed by atoms with E-state index in [1.807, 2.05) is 37.5 Å². The van der Waals surface area contributed by atoms with Gasteiger partial charge in [0.25, 0.3) is 0 Å². The zero-order chi connectivity index (χ0) is 10.9. The Hall–Kier alpha value is -0.860. The predicted molar refractivity (Wildman–Crippen MR) is 57.7 cm³/mol. The Kier molecular flexibility index (Phi) is 3.29. The van der Waals surface area contributed by atoms with Crippen molar-refractivity contribution < 1.29 is 0 Å². The van der Waals surface area contributed by atoms with Crippen LogP contribution in [-0.4, -0.2) is 28.5 Å². The van der Waals surface area contributed by atoms with E-state index in [9.17, 15) is 0 Å². The number of aromatic nitrogens is 2. The van der Waals surface area contributed by atoms with Gasteiger partial charge in [-0.3, -0.25) is 4.90 Å². The Morgan fingerprint density at radius 1 is 1.57 bits per heavy atom. The van der Waals surface area contributed by atoms with Crippen LogP contribution >= 0.6 is 15.9 Å². The molecule has 0 N–H and O–H groups in total. The van der Waals surface area contributed by atoms with Gasteiger partial charge in [-0.2, -0.15) is 5.26 Å². The van der Waals surface area contributed by atoms with Gasteiger partial charge in [0, 0.05) is 7.05 Å². The maximum Gasteiger partial charge on any atom is 0.141 e. The van der Waals surface area contributed by atoms with Crippen molar-refractivity contribution in [2.75, 3.05) is 14.1 Å². The lowest BCUT2D eigenvalue weighted by Gasteiger charge is -2.18. The SMILES string of the molecule is Cc1nc(Br)c(C(C#N)N(C)C)n1C. The summed E-state index contributed by atoms with van der Waals surface area (Å²) in [5.74, 6) is 0.897. The second-order valence-electron chi connectivity index (χ2n) is 3.39. The van der Waals surface area contributed by atoms with Crippen molar-refractivity contribution in [3.05, 3.63) is 16.1 Å². The molecule has 1 aromatic rings. The summed E-state index contributed by atoms with van der Waals surface area (Å²) in [6.45, 7) is 1.92. The summed E-state index contributed by atoms with van der Waals surface area (Å²) in [6.07, 6.45) is 0. The molecule has 76 valence electrons. The second kappa shape index (κ2) is 4.11. The summed E-state index contributed by atoms with van der Waals surface area (Å²) >= 11 is 3.37. The zero-order valence-corrected chi connectivity index (χ0v) is 10.3. The van der Waals surface area contributed by atoms with Crippen LogP contribution in [0.1, 0.15) is 17.6 Å². The molecule has 1 unspecified atom stereocenters. The largest absolute Gasteiger partial charge is 0.332 e. The predicted octanol–water partition coefficient (Wildman–Crippen LogP) is 1.62. The fourth-order valence-electron chi connectivity index (χ4n) is 1.30. The van der Waals surface area contributed by atoms with Gasteiger partial charge in [0.15, 0.2) is 0 Å². The minimum absolute atomic E-state index is 0.268. The maximum atomic E-state index is 9.05. The van der Waals surface area contributed by atoms with Crippen LogP contribution in [0.5, 0.6) is 0 Å². The molecule has 0 spiro atoms. The van der Waals surface area contributed by atoms with Crippen molar-refractivity contribution in [2.45, 2.75) is 13.0 Å². The van der Waals surface area contributed by atoms with E-state index in [1.165, 1.54) is 0 Å². The molecule has 0 bridgehead atoms. The number of aryl methyl sites for hydroxylation is 1. The van der Waals surface area contributed by atoms with Gasteiger partial charge in [-0.15, -0.1) is 0 Å². The van der Waals surface area contributed by atoms with E-state index >= 15 is 0 Å². The Labute approximate surface area is 92.3 Å². The molecule has 0 aliphatic carbocycles. The summed E-state index contributed by atoms with van der Waals surface area (Å²) in [6, 6.07) is 1.98. The summed E-state index contributed by atoms with van der Waals surface area (Å²) in [5, 5.41) is 9.05. The van der Waals surface area contributed by atoms with Gasteiger partial charge in [-0.25, -0.2) is 4.98 Å². The van der Waals surface area contributed by atoms with Crippen molar-refractivity contribution >= 4 is 15.9 Å². The van der Waals surface area contributed by atoms with Crippen LogP contribution in [0.25, 0.3) is 0 Å². The summed E-state index contributed by atoms with van der Waals surface area (Å²) < 4.78 is 2.68. The van der Waals surface area contributed by atoms with Gasteiger partial charge in [-0.05, 0) is 36.9 Å². The highest BCUT2D eigenvalue weighted by molar-refractivity contribution is 9.10. The first kappa shape index (κ1) is 11.2. The molecule has 0 amide bonds. The molecular formula is C9H13BrN4. The van der Waals surface area contributed by atoms with Crippen LogP contribution in [0.15, 0.2) is 4.60 Å². The van der Waals surface area contributed by atoms with Crippen LogP contribution in [0.3, 0.4) is 0 Å². The molecule has 0 aliphatic rings. The summed E-state index contributed by atoms with van der Waals surface area (Å²) in [4.78, 5) is 6.13. The van der Waals surface area contributed by atoms with Crippen LogP contribution in [0, 0.1) is 18.3 Å². The number of nitriles is 1. The number of hydrogen-bond donors (Lipinski definition) is 0. The van der Waals surface area contributed by atoms with Crippen molar-refractivity contribution in [3.8, 4) is 6.07 Å². The molecule has 0 radical (unpaired) electrons. The van der Waals surface area contributed by atoms with E-state index in [0.29, 0.717) is 0 Å². The first-order chi connectivity index (χ1) is 6.49. The highest BCUT2D eigenvalue weighted by atomic mass is 79.9. The third kappa shape index (κ3) is 1.81. The monoisotopic (exact) mass is 256 g/mol. The highest BCUT2D eigenvalue weighted by Gasteiger charge is 2.21. The van der Waals surface area contributed by atoms with Crippen molar-refractivity contribution in [1.29, 1.82) is 5.26 Å². The fraction of sp³-hybridized carbons (Fsp3) is 0.556. The van der Waals surface area contributed by atoms with E-state index in [2.05, 4.69) is 27.0 Å². The van der Waals surface area contributed by atoms with E-state index < -0.39 is 0 Å². The molecule has 1 atom stereocenters. The smallest absolute Gasteiger partial charge is 0.141 e. The van der Waals surface area contributed by atoms with E-state index in [-0.39, 0.29) is 6.04 Å². The lowest BCUT2D eigenvalue weighted by atomic mass is 10.2. The topological polar surface area (TPSA) is 44.9 Å². The van der Waals surface area contributed by atoms with Gasteiger partial charge in [-0.1, -0.05) is 0 Å². The normalized spacial score (nSPS) is 12.9. The molecule has 1 rings (SSSR count). The number of halogens is 1. The minimum atomic E-state index is -0.268. The molecular weight excluding hydrogens is 244 g/mol. The lowest BCUT2D eigenvalue weighted by Crippen LogP contribution is -2.21. The standard InChI is InChI=1S/C9H13BrN4/c1-6-12-9(10)8(14(6)4)7(5-11)13(2)3/h7H,1-4H3. The molecule has 0 aliphatic heterocycles. The van der Waals surface area contributed by atoms with Gasteiger partial charge < -0.3 is 4.57 Å². The van der Waals surface area contributed by atoms with Crippen LogP contribution in [-0.2, 0) is 7.05 Å². The number of nitrogens with zero attached hydrogens (tertiary/aromatic N) is 4. The van der Waals surface area contributed by atoms with Crippen molar-refractivity contribution in [3.63, 3.8) is 0 Å². The first-order valence-electron chi connectivity index (χ1n) is 4.23. The van der Waals surface area contributed by atoms with E-state index in [0.717, 1.165) is 16.1 Å². The van der Waals surface area contributed by atoms with Crippen molar-refractivity contribution in [2.24, 2.45) is 7.05 Å². The minimum Gasteiger partial charge on any atom is -0.332 e. The average molecular weight is 257 g/mol. The third-order valence-corrected chi connectivity index (χ3v) is 2.80. The van der Waals surface area contributed by atoms with Gasteiger partial charge in [0.1, 0.15) is 16.5 Å². The molecule has 1 heterocycles. The Balaban J connectivity index is 3.24. The molecule has 0 saturated heterocycles. The van der Waals surface area contributed by atoms with Gasteiger partial charge in [0.05, 0.1) is 11.8 Å². The third-order valence-electron chi connectivity index (χ3n) is 2.22. The fourth-order valence-corrected chi connectivity index (χ4v) is 2.04. The second-order valence-corrected chi connectivity index (χ2v) is 4.14. The molecule has 0 aromatic carbocycles. The number of hydrogen-bond acceptors (Lipinski definition) is 3. The number of imidazole rings is 1. The molecule has 14 heavy (non-hydrogen) atoms. The zero-order valence-electron chi connectivity index (χ0n) is 8.74. The summed E-state index contributed by atoms with van der Waals surface area (Å²) in [5.41, 5.74) is 0.898. The Morgan fingerprint density at radius 2 is 2.14 bits per heavy atom. The molecule has 0 saturated carbocycles. The molecule has 4 nitrogen and oxygen atoms in total. The first-order valence-corrected chi connectivity index (χ1v) is 5.03. The molecule has 5 heteroatoms. The van der Waals surface area contributed by atoms with Gasteiger partial charge >= 0.3 is 0 Å². The average Bonchev–Trinajstić information content (AvgIpc) is 2.32. The summed E-state index contributed by atoms with van der Waals surface area (Å²) in [7, 11) is 5.67.